The van der Waals surface area contributed by atoms with Crippen molar-refractivity contribution >= 4 is 51.6 Å². The molecular formula is C21H18ClN3O2S. The van der Waals surface area contributed by atoms with Gasteiger partial charge in [0, 0.05) is 37.1 Å². The van der Waals surface area contributed by atoms with Crippen LogP contribution in [0.4, 0.5) is 11.4 Å². The maximum atomic E-state index is 12.5. The number of amides is 1. The lowest BCUT2D eigenvalue weighted by Gasteiger charge is -2.14. The van der Waals surface area contributed by atoms with Crippen LogP contribution in [0, 0.1) is 6.92 Å². The first-order valence-electron chi connectivity index (χ1n) is 8.64. The highest BCUT2D eigenvalue weighted by Gasteiger charge is 2.30. The Kier molecular flexibility index (Phi) is 4.61. The zero-order valence-electron chi connectivity index (χ0n) is 15.6. The van der Waals surface area contributed by atoms with E-state index in [-0.39, 0.29) is 17.2 Å². The van der Waals surface area contributed by atoms with Gasteiger partial charge >= 0.3 is 0 Å². The first-order chi connectivity index (χ1) is 13.3. The summed E-state index contributed by atoms with van der Waals surface area (Å²) in [5, 5.41) is 14.9. The molecule has 28 heavy (non-hydrogen) atoms. The van der Waals surface area contributed by atoms with Crippen LogP contribution in [0.1, 0.15) is 15.4 Å². The number of anilines is 2. The standard InChI is InChI=1S/C21H18ClN3O2S/c1-11-23-10-18(28-11)20(26)19-15-8-14(16(22)9-17(15)24-21(19)27)12-4-6-13(7-5-12)25(2)3/h4-10,26H,1-3H3,(H,24,27)/b20-19+. The lowest BCUT2D eigenvalue weighted by atomic mass is 9.98. The number of fused-ring (bicyclic) bond motifs is 1. The van der Waals surface area contributed by atoms with E-state index in [0.29, 0.717) is 21.2 Å². The molecule has 142 valence electrons. The van der Waals surface area contributed by atoms with Crippen LogP contribution in [-0.2, 0) is 4.79 Å². The average molecular weight is 412 g/mol. The second-order valence-electron chi connectivity index (χ2n) is 6.74. The van der Waals surface area contributed by atoms with Gasteiger partial charge in [0.25, 0.3) is 5.91 Å². The zero-order chi connectivity index (χ0) is 20.0. The predicted octanol–water partition coefficient (Wildman–Crippen LogP) is 5.22. The van der Waals surface area contributed by atoms with Gasteiger partial charge in [-0.25, -0.2) is 4.98 Å². The van der Waals surface area contributed by atoms with Crippen LogP contribution >= 0.6 is 22.9 Å². The molecule has 0 aliphatic carbocycles. The minimum absolute atomic E-state index is 0.0712. The van der Waals surface area contributed by atoms with E-state index in [1.165, 1.54) is 11.3 Å². The lowest BCUT2D eigenvalue weighted by molar-refractivity contribution is -0.110. The zero-order valence-corrected chi connectivity index (χ0v) is 17.1. The van der Waals surface area contributed by atoms with Crippen molar-refractivity contribution in [3.8, 4) is 11.1 Å². The molecule has 0 bridgehead atoms. The molecule has 0 atom stereocenters. The maximum absolute atomic E-state index is 12.5. The number of hydrogen-bond donors (Lipinski definition) is 2. The third-order valence-corrected chi connectivity index (χ3v) is 5.87. The summed E-state index contributed by atoms with van der Waals surface area (Å²) in [5.41, 5.74) is 4.27. The highest BCUT2D eigenvalue weighted by atomic mass is 35.5. The molecule has 3 aromatic rings. The van der Waals surface area contributed by atoms with E-state index < -0.39 is 0 Å². The van der Waals surface area contributed by atoms with E-state index >= 15 is 0 Å². The van der Waals surface area contributed by atoms with E-state index in [4.69, 9.17) is 11.6 Å². The van der Waals surface area contributed by atoms with Crippen LogP contribution in [-0.4, -0.2) is 30.1 Å². The molecular weight excluding hydrogens is 394 g/mol. The molecule has 4 rings (SSSR count). The van der Waals surface area contributed by atoms with Gasteiger partial charge in [-0.3, -0.25) is 4.79 Å². The molecule has 5 nitrogen and oxygen atoms in total. The quantitative estimate of drug-likeness (QED) is 0.458. The summed E-state index contributed by atoms with van der Waals surface area (Å²) in [7, 11) is 3.96. The van der Waals surface area contributed by atoms with Crippen molar-refractivity contribution in [2.24, 2.45) is 0 Å². The minimum atomic E-state index is -0.352. The molecule has 0 radical (unpaired) electrons. The summed E-state index contributed by atoms with van der Waals surface area (Å²) in [4.78, 5) is 19.3. The SMILES string of the molecule is Cc1ncc(/C(O)=C2\C(=O)Nc3cc(Cl)c(-c4ccc(N(C)C)cc4)cc32)s1. The fourth-order valence-corrected chi connectivity index (χ4v) is 4.18. The Morgan fingerprint density at radius 1 is 1.18 bits per heavy atom. The smallest absolute Gasteiger partial charge is 0.260 e. The molecule has 7 heteroatoms. The molecule has 0 spiro atoms. The van der Waals surface area contributed by atoms with Crippen molar-refractivity contribution in [2.45, 2.75) is 6.92 Å². The minimum Gasteiger partial charge on any atom is -0.506 e. The van der Waals surface area contributed by atoms with E-state index in [0.717, 1.165) is 21.8 Å². The lowest BCUT2D eigenvalue weighted by Crippen LogP contribution is -2.07. The number of aryl methyl sites for hydroxylation is 1. The van der Waals surface area contributed by atoms with Crippen LogP contribution < -0.4 is 10.2 Å². The van der Waals surface area contributed by atoms with Gasteiger partial charge < -0.3 is 15.3 Å². The molecule has 0 fully saturated rings. The molecule has 1 aliphatic rings. The second-order valence-corrected chi connectivity index (χ2v) is 8.38. The van der Waals surface area contributed by atoms with Crippen molar-refractivity contribution < 1.29 is 9.90 Å². The number of benzene rings is 2. The molecule has 1 aliphatic heterocycles. The normalized spacial score (nSPS) is 14.6. The molecule has 1 amide bonds. The Balaban J connectivity index is 1.84. The molecule has 0 unspecified atom stereocenters. The van der Waals surface area contributed by atoms with Crippen molar-refractivity contribution in [1.82, 2.24) is 4.98 Å². The summed E-state index contributed by atoms with van der Waals surface area (Å²) < 4.78 is 0. The van der Waals surface area contributed by atoms with Crippen molar-refractivity contribution in [3.05, 3.63) is 63.1 Å². The number of hydrogen-bond acceptors (Lipinski definition) is 5. The third kappa shape index (κ3) is 3.15. The first-order valence-corrected chi connectivity index (χ1v) is 9.83. The Morgan fingerprint density at radius 3 is 2.50 bits per heavy atom. The van der Waals surface area contributed by atoms with E-state index in [9.17, 15) is 9.90 Å². The Bertz CT molecular complexity index is 1120. The molecule has 0 saturated heterocycles. The maximum Gasteiger partial charge on any atom is 0.260 e. The second kappa shape index (κ2) is 6.96. The Hall–Kier alpha value is -2.83. The Labute approximate surface area is 171 Å². The van der Waals surface area contributed by atoms with Crippen molar-refractivity contribution in [2.75, 3.05) is 24.3 Å². The van der Waals surface area contributed by atoms with Gasteiger partial charge in [0.2, 0.25) is 0 Å². The van der Waals surface area contributed by atoms with Gasteiger partial charge in [-0.1, -0.05) is 23.7 Å². The predicted molar refractivity (Wildman–Crippen MR) is 116 cm³/mol. The summed E-state index contributed by atoms with van der Waals surface area (Å²) in [6.45, 7) is 1.85. The van der Waals surface area contributed by atoms with Gasteiger partial charge in [-0.05, 0) is 36.8 Å². The largest absolute Gasteiger partial charge is 0.506 e. The van der Waals surface area contributed by atoms with Gasteiger partial charge in [0.1, 0.15) is 5.76 Å². The number of rotatable bonds is 3. The van der Waals surface area contributed by atoms with E-state index in [1.807, 2.05) is 56.3 Å². The number of carbonyl (C=O) groups excluding carboxylic acids is 1. The van der Waals surface area contributed by atoms with Crippen molar-refractivity contribution in [3.63, 3.8) is 0 Å². The number of aliphatic hydroxyl groups excluding tert-OH is 1. The average Bonchev–Trinajstić information content (AvgIpc) is 3.23. The summed E-state index contributed by atoms with van der Waals surface area (Å²) >= 11 is 7.83. The number of nitrogens with one attached hydrogen (secondary N) is 1. The van der Waals surface area contributed by atoms with E-state index in [2.05, 4.69) is 10.3 Å². The molecule has 2 aromatic carbocycles. The highest BCUT2D eigenvalue weighted by molar-refractivity contribution is 7.12. The number of aromatic nitrogens is 1. The van der Waals surface area contributed by atoms with Gasteiger partial charge in [0.15, 0.2) is 0 Å². The van der Waals surface area contributed by atoms with Crippen LogP contribution in [0.25, 0.3) is 22.5 Å². The molecule has 2 heterocycles. The van der Waals surface area contributed by atoms with Gasteiger partial charge in [0.05, 0.1) is 26.2 Å². The number of aliphatic hydroxyl groups is 1. The number of thiazole rings is 1. The number of carbonyl (C=O) groups is 1. The number of nitrogens with zero attached hydrogens (tertiary/aromatic N) is 2. The molecule has 1 aromatic heterocycles. The van der Waals surface area contributed by atoms with Crippen LogP contribution in [0.2, 0.25) is 5.02 Å². The summed E-state index contributed by atoms with van der Waals surface area (Å²) in [6.07, 6.45) is 1.57. The monoisotopic (exact) mass is 411 g/mol. The topological polar surface area (TPSA) is 65.5 Å². The first kappa shape index (κ1) is 18.5. The summed E-state index contributed by atoms with van der Waals surface area (Å²) in [6, 6.07) is 11.6. The number of halogens is 1. The molecule has 2 N–H and O–H groups in total. The summed E-state index contributed by atoms with van der Waals surface area (Å²) in [5.74, 6) is -0.423. The van der Waals surface area contributed by atoms with Crippen LogP contribution in [0.3, 0.4) is 0 Å². The Morgan fingerprint density at radius 2 is 1.89 bits per heavy atom. The fourth-order valence-electron chi connectivity index (χ4n) is 3.18. The fraction of sp³-hybridized carbons (Fsp3) is 0.143. The van der Waals surface area contributed by atoms with Crippen LogP contribution in [0.5, 0.6) is 0 Å². The van der Waals surface area contributed by atoms with Gasteiger partial charge in [-0.2, -0.15) is 0 Å². The van der Waals surface area contributed by atoms with Crippen LogP contribution in [0.15, 0.2) is 42.6 Å². The van der Waals surface area contributed by atoms with Crippen molar-refractivity contribution in [1.29, 1.82) is 0 Å². The highest BCUT2D eigenvalue weighted by Crippen LogP contribution is 2.42. The van der Waals surface area contributed by atoms with E-state index in [1.54, 1.807) is 12.3 Å². The third-order valence-electron chi connectivity index (χ3n) is 4.64. The molecule has 0 saturated carbocycles. The van der Waals surface area contributed by atoms with Gasteiger partial charge in [-0.15, -0.1) is 11.3 Å².